The van der Waals surface area contributed by atoms with Crippen LogP contribution in [0.5, 0.6) is 5.75 Å². The second kappa shape index (κ2) is 11.3. The SMILES string of the molecule is Cc1cc(NN=C2C(=O)N(c3ccc(C)c(C)c3)c3cc(C(F)(F)F)ccc32)c(O)c(-c2ccc(CCC(=O)O)cc2)c1. The number of alkyl halides is 3. The number of rotatable bonds is 7. The zero-order chi connectivity index (χ0) is 31.1. The van der Waals surface area contributed by atoms with Gasteiger partial charge in [0.25, 0.3) is 5.91 Å². The number of nitrogens with one attached hydrogen (secondary N) is 1. The lowest BCUT2D eigenvalue weighted by molar-refractivity contribution is -0.138. The molecule has 43 heavy (non-hydrogen) atoms. The van der Waals surface area contributed by atoms with Crippen LogP contribution in [-0.4, -0.2) is 27.8 Å². The van der Waals surface area contributed by atoms with Gasteiger partial charge in [0.1, 0.15) is 5.75 Å². The maximum atomic E-state index is 13.7. The molecule has 3 N–H and O–H groups in total. The predicted octanol–water partition coefficient (Wildman–Crippen LogP) is 7.51. The second-order valence-electron chi connectivity index (χ2n) is 10.5. The second-order valence-corrected chi connectivity index (χ2v) is 10.5. The summed E-state index contributed by atoms with van der Waals surface area (Å²) in [5.74, 6) is -1.65. The van der Waals surface area contributed by atoms with Crippen molar-refractivity contribution in [1.82, 2.24) is 0 Å². The Morgan fingerprint density at radius 2 is 1.63 bits per heavy atom. The van der Waals surface area contributed by atoms with Crippen LogP contribution in [-0.2, 0) is 22.2 Å². The summed E-state index contributed by atoms with van der Waals surface area (Å²) in [5, 5.41) is 24.3. The Kier molecular flexibility index (Phi) is 7.71. The van der Waals surface area contributed by atoms with E-state index < -0.39 is 23.6 Å². The van der Waals surface area contributed by atoms with Crippen molar-refractivity contribution in [3.63, 3.8) is 0 Å². The Balaban J connectivity index is 1.52. The number of carboxylic acids is 1. The first-order chi connectivity index (χ1) is 20.3. The van der Waals surface area contributed by atoms with Crippen LogP contribution in [0.4, 0.5) is 30.2 Å². The van der Waals surface area contributed by atoms with Crippen LogP contribution in [0, 0.1) is 20.8 Å². The van der Waals surface area contributed by atoms with Crippen molar-refractivity contribution < 1.29 is 33.0 Å². The van der Waals surface area contributed by atoms with E-state index in [-0.39, 0.29) is 34.8 Å². The number of phenols is 1. The highest BCUT2D eigenvalue weighted by molar-refractivity contribution is 6.55. The van der Waals surface area contributed by atoms with Gasteiger partial charge in [-0.05, 0) is 97.5 Å². The molecule has 0 spiro atoms. The molecule has 1 amide bonds. The fraction of sp³-hybridized carbons (Fsp3) is 0.182. The van der Waals surface area contributed by atoms with E-state index >= 15 is 0 Å². The summed E-state index contributed by atoms with van der Waals surface area (Å²) < 4.78 is 40.9. The average molecular weight is 588 g/mol. The molecule has 0 bridgehead atoms. The van der Waals surface area contributed by atoms with Crippen molar-refractivity contribution in [2.24, 2.45) is 5.10 Å². The average Bonchev–Trinajstić information content (AvgIpc) is 3.23. The van der Waals surface area contributed by atoms with Crippen molar-refractivity contribution >= 4 is 34.7 Å². The van der Waals surface area contributed by atoms with Gasteiger partial charge in [-0.1, -0.05) is 30.3 Å². The van der Waals surface area contributed by atoms with Gasteiger partial charge in [0, 0.05) is 23.2 Å². The molecule has 1 aliphatic heterocycles. The van der Waals surface area contributed by atoms with Crippen LogP contribution >= 0.6 is 0 Å². The highest BCUT2D eigenvalue weighted by Gasteiger charge is 2.39. The first-order valence-corrected chi connectivity index (χ1v) is 13.4. The van der Waals surface area contributed by atoms with Crippen molar-refractivity contribution in [1.29, 1.82) is 0 Å². The number of aromatic hydroxyl groups is 1. The van der Waals surface area contributed by atoms with Crippen LogP contribution in [0.3, 0.4) is 0 Å². The maximum Gasteiger partial charge on any atom is 0.416 e. The van der Waals surface area contributed by atoms with E-state index in [1.54, 1.807) is 54.6 Å². The fourth-order valence-corrected chi connectivity index (χ4v) is 4.96. The number of carbonyl (C=O) groups excluding carboxylic acids is 1. The van der Waals surface area contributed by atoms with Crippen molar-refractivity contribution in [3.05, 3.63) is 106 Å². The van der Waals surface area contributed by atoms with Gasteiger partial charge in [0.05, 0.1) is 16.9 Å². The van der Waals surface area contributed by atoms with Gasteiger partial charge in [-0.3, -0.25) is 19.9 Å². The maximum absolute atomic E-state index is 13.7. The molecule has 5 rings (SSSR count). The lowest BCUT2D eigenvalue weighted by Gasteiger charge is -2.19. The molecule has 0 radical (unpaired) electrons. The molecule has 220 valence electrons. The van der Waals surface area contributed by atoms with Gasteiger partial charge in [-0.15, -0.1) is 0 Å². The van der Waals surface area contributed by atoms with Crippen molar-refractivity contribution in [2.75, 3.05) is 10.3 Å². The Morgan fingerprint density at radius 1 is 0.907 bits per heavy atom. The number of aryl methyl sites for hydroxylation is 4. The van der Waals surface area contributed by atoms with Crippen LogP contribution in [0.2, 0.25) is 0 Å². The zero-order valence-corrected chi connectivity index (χ0v) is 23.6. The summed E-state index contributed by atoms with van der Waals surface area (Å²) in [5.41, 5.74) is 7.25. The summed E-state index contributed by atoms with van der Waals surface area (Å²) in [6.07, 6.45) is -4.23. The van der Waals surface area contributed by atoms with Gasteiger partial charge < -0.3 is 10.2 Å². The molecular formula is C33H28F3N3O4. The van der Waals surface area contributed by atoms with Gasteiger partial charge in [-0.2, -0.15) is 18.3 Å². The van der Waals surface area contributed by atoms with E-state index in [9.17, 15) is 27.9 Å². The standard InChI is InChI=1S/C33H28F3N3O4/c1-18-14-26(22-8-5-21(6-9-22)7-13-29(40)41)31(42)27(15-18)37-38-30-25-12-10-23(33(34,35)36)17-28(25)39(32(30)43)24-11-4-19(2)20(3)16-24/h4-6,8-12,14-17,37,42H,7,13H2,1-3H3,(H,40,41). The molecule has 0 saturated heterocycles. The summed E-state index contributed by atoms with van der Waals surface area (Å²) in [6.45, 7) is 5.57. The first kappa shape index (κ1) is 29.4. The molecule has 0 aromatic heterocycles. The van der Waals surface area contributed by atoms with Gasteiger partial charge in [0.2, 0.25) is 0 Å². The molecule has 4 aromatic carbocycles. The van der Waals surface area contributed by atoms with Gasteiger partial charge in [0.15, 0.2) is 5.71 Å². The summed E-state index contributed by atoms with van der Waals surface area (Å²) in [6, 6.07) is 18.8. The van der Waals surface area contributed by atoms with E-state index in [0.29, 0.717) is 23.2 Å². The number of phenolic OH excluding ortho intramolecular Hbond substituents is 1. The number of hydrogen-bond acceptors (Lipinski definition) is 5. The Hall–Kier alpha value is -5.12. The number of anilines is 3. The third kappa shape index (κ3) is 5.94. The minimum atomic E-state index is -4.61. The number of halogens is 3. The third-order valence-corrected chi connectivity index (χ3v) is 7.41. The summed E-state index contributed by atoms with van der Waals surface area (Å²) in [4.78, 5) is 25.8. The van der Waals surface area contributed by atoms with Crippen molar-refractivity contribution in [3.8, 4) is 16.9 Å². The number of carbonyl (C=O) groups is 2. The van der Waals surface area contributed by atoms with E-state index in [1.165, 1.54) is 11.0 Å². The quantitative estimate of drug-likeness (QED) is 0.153. The number of hydrogen-bond donors (Lipinski definition) is 3. The highest BCUT2D eigenvalue weighted by atomic mass is 19.4. The Morgan fingerprint density at radius 3 is 2.28 bits per heavy atom. The van der Waals surface area contributed by atoms with E-state index in [0.717, 1.165) is 34.4 Å². The molecule has 1 aliphatic rings. The van der Waals surface area contributed by atoms with E-state index in [4.69, 9.17) is 5.11 Å². The molecule has 0 atom stereocenters. The number of hydrazone groups is 1. The van der Waals surface area contributed by atoms with Crippen LogP contribution in [0.1, 0.15) is 39.8 Å². The van der Waals surface area contributed by atoms with Crippen LogP contribution < -0.4 is 10.3 Å². The lowest BCUT2D eigenvalue weighted by Crippen LogP contribution is -2.26. The minimum absolute atomic E-state index is 0.00373. The minimum Gasteiger partial charge on any atom is -0.505 e. The topological polar surface area (TPSA) is 102 Å². The number of benzene rings is 4. The van der Waals surface area contributed by atoms with E-state index in [2.05, 4.69) is 10.5 Å². The van der Waals surface area contributed by atoms with Crippen LogP contribution in [0.15, 0.2) is 77.9 Å². The number of amides is 1. The molecule has 10 heteroatoms. The first-order valence-electron chi connectivity index (χ1n) is 13.4. The largest absolute Gasteiger partial charge is 0.505 e. The third-order valence-electron chi connectivity index (χ3n) is 7.41. The number of nitrogens with zero attached hydrogens (tertiary/aromatic N) is 2. The molecule has 0 aliphatic carbocycles. The lowest BCUT2D eigenvalue weighted by atomic mass is 9.99. The number of fused-ring (bicyclic) bond motifs is 1. The zero-order valence-electron chi connectivity index (χ0n) is 23.6. The molecular weight excluding hydrogens is 559 g/mol. The Bertz CT molecular complexity index is 1780. The van der Waals surface area contributed by atoms with Crippen molar-refractivity contribution in [2.45, 2.75) is 39.8 Å². The van der Waals surface area contributed by atoms with E-state index in [1.807, 2.05) is 20.8 Å². The monoisotopic (exact) mass is 587 g/mol. The van der Waals surface area contributed by atoms with Gasteiger partial charge >= 0.3 is 12.1 Å². The molecule has 7 nitrogen and oxygen atoms in total. The number of aliphatic carboxylic acids is 1. The smallest absolute Gasteiger partial charge is 0.416 e. The van der Waals surface area contributed by atoms with Crippen LogP contribution in [0.25, 0.3) is 11.1 Å². The molecule has 4 aromatic rings. The Labute approximate surface area is 245 Å². The molecule has 1 heterocycles. The normalized spacial score (nSPS) is 13.9. The fourth-order valence-electron chi connectivity index (χ4n) is 4.96. The summed E-state index contributed by atoms with van der Waals surface area (Å²) in [7, 11) is 0. The highest BCUT2D eigenvalue weighted by Crippen LogP contribution is 2.41. The molecule has 0 saturated carbocycles. The van der Waals surface area contributed by atoms with Gasteiger partial charge in [-0.25, -0.2) is 0 Å². The number of carboxylic acid groups (broad SMARTS) is 1. The predicted molar refractivity (Wildman–Crippen MR) is 159 cm³/mol. The summed E-state index contributed by atoms with van der Waals surface area (Å²) >= 11 is 0. The molecule has 0 unspecified atom stereocenters. The molecule has 0 fully saturated rings.